The number of rotatable bonds is 4. The first-order chi connectivity index (χ1) is 7.54. The molecular formula is C10H10FNO4. The lowest BCUT2D eigenvalue weighted by atomic mass is 10.2. The van der Waals surface area contributed by atoms with Gasteiger partial charge in [-0.05, 0) is 18.2 Å². The average Bonchev–Trinajstić information content (AvgIpc) is 2.26. The number of ether oxygens (including phenoxy) is 2. The summed E-state index contributed by atoms with van der Waals surface area (Å²) in [6.07, 6.45) is 0. The molecule has 16 heavy (non-hydrogen) atoms. The van der Waals surface area contributed by atoms with Crippen molar-refractivity contribution < 1.29 is 23.5 Å². The van der Waals surface area contributed by atoms with Crippen LogP contribution < -0.4 is 10.5 Å². The fourth-order valence-electron chi connectivity index (χ4n) is 1.01. The molecule has 86 valence electrons. The Morgan fingerprint density at radius 1 is 1.44 bits per heavy atom. The molecule has 0 aliphatic rings. The van der Waals surface area contributed by atoms with Crippen LogP contribution in [0.25, 0.3) is 0 Å². The number of methoxy groups -OCH3 is 1. The number of benzene rings is 1. The minimum absolute atomic E-state index is 0.0615. The van der Waals surface area contributed by atoms with Crippen molar-refractivity contribution in [3.05, 3.63) is 29.6 Å². The molecule has 0 aliphatic heterocycles. The second-order valence-electron chi connectivity index (χ2n) is 2.89. The van der Waals surface area contributed by atoms with Gasteiger partial charge in [-0.2, -0.15) is 0 Å². The van der Waals surface area contributed by atoms with Crippen LogP contribution in [0.15, 0.2) is 18.2 Å². The van der Waals surface area contributed by atoms with Gasteiger partial charge in [0.25, 0.3) is 5.91 Å². The maximum absolute atomic E-state index is 13.3. The fourth-order valence-corrected chi connectivity index (χ4v) is 1.01. The number of primary amides is 1. The number of hydrogen-bond donors (Lipinski definition) is 1. The first-order valence-electron chi connectivity index (χ1n) is 4.33. The van der Waals surface area contributed by atoms with Gasteiger partial charge >= 0.3 is 5.97 Å². The quantitative estimate of drug-likeness (QED) is 0.758. The summed E-state index contributed by atoms with van der Waals surface area (Å²) in [5.41, 5.74) is 4.89. The van der Waals surface area contributed by atoms with Gasteiger partial charge in [-0.1, -0.05) is 0 Å². The zero-order chi connectivity index (χ0) is 12.1. The topological polar surface area (TPSA) is 78.6 Å². The van der Waals surface area contributed by atoms with Crippen molar-refractivity contribution in [1.82, 2.24) is 0 Å². The highest BCUT2D eigenvalue weighted by Gasteiger charge is 2.10. The summed E-state index contributed by atoms with van der Waals surface area (Å²) in [6.45, 7) is -0.422. The third kappa shape index (κ3) is 2.94. The Kier molecular flexibility index (Phi) is 3.82. The van der Waals surface area contributed by atoms with E-state index in [1.54, 1.807) is 0 Å². The van der Waals surface area contributed by atoms with Crippen molar-refractivity contribution in [2.75, 3.05) is 13.7 Å². The van der Waals surface area contributed by atoms with Crippen LogP contribution in [0, 0.1) is 5.82 Å². The third-order valence-corrected chi connectivity index (χ3v) is 1.72. The predicted octanol–water partition coefficient (Wildman–Crippen LogP) is 0.476. The number of halogens is 1. The second kappa shape index (κ2) is 5.11. The number of carbonyl (C=O) groups excluding carboxylic acids is 2. The maximum Gasteiger partial charge on any atom is 0.337 e. The van der Waals surface area contributed by atoms with E-state index in [1.807, 2.05) is 0 Å². The molecule has 0 bridgehead atoms. The summed E-state index contributed by atoms with van der Waals surface area (Å²) >= 11 is 0. The van der Waals surface area contributed by atoms with Crippen molar-refractivity contribution in [3.8, 4) is 5.75 Å². The van der Waals surface area contributed by atoms with Crippen molar-refractivity contribution in [2.45, 2.75) is 0 Å². The largest absolute Gasteiger partial charge is 0.481 e. The summed E-state index contributed by atoms with van der Waals surface area (Å²) in [4.78, 5) is 21.4. The van der Waals surface area contributed by atoms with Gasteiger partial charge in [-0.3, -0.25) is 4.79 Å². The van der Waals surface area contributed by atoms with E-state index in [0.29, 0.717) is 0 Å². The molecule has 1 aromatic rings. The number of nitrogens with two attached hydrogens (primary N) is 1. The lowest BCUT2D eigenvalue weighted by molar-refractivity contribution is -0.120. The third-order valence-electron chi connectivity index (χ3n) is 1.72. The molecule has 0 heterocycles. The number of amides is 1. The summed E-state index contributed by atoms with van der Waals surface area (Å²) in [6, 6.07) is 3.51. The van der Waals surface area contributed by atoms with E-state index in [2.05, 4.69) is 4.74 Å². The van der Waals surface area contributed by atoms with E-state index in [9.17, 15) is 14.0 Å². The summed E-state index contributed by atoms with van der Waals surface area (Å²) in [5.74, 6) is -2.27. The van der Waals surface area contributed by atoms with Gasteiger partial charge in [0.1, 0.15) is 0 Å². The Balaban J connectivity index is 2.83. The molecule has 2 N–H and O–H groups in total. The van der Waals surface area contributed by atoms with Gasteiger partial charge in [0.2, 0.25) is 0 Å². The van der Waals surface area contributed by atoms with Crippen LogP contribution in [0.5, 0.6) is 5.75 Å². The Morgan fingerprint density at radius 3 is 2.62 bits per heavy atom. The van der Waals surface area contributed by atoms with Gasteiger partial charge in [0, 0.05) is 0 Å². The Bertz CT molecular complexity index is 419. The molecule has 1 aromatic carbocycles. The van der Waals surface area contributed by atoms with E-state index in [1.165, 1.54) is 19.2 Å². The zero-order valence-corrected chi connectivity index (χ0v) is 8.53. The van der Waals surface area contributed by atoms with Crippen molar-refractivity contribution in [1.29, 1.82) is 0 Å². The molecule has 0 unspecified atom stereocenters. The lowest BCUT2D eigenvalue weighted by Crippen LogP contribution is -2.20. The molecule has 6 heteroatoms. The number of carbonyl (C=O) groups is 2. The van der Waals surface area contributed by atoms with E-state index in [4.69, 9.17) is 10.5 Å². The van der Waals surface area contributed by atoms with Crippen LogP contribution in [0.1, 0.15) is 10.4 Å². The molecule has 0 atom stereocenters. The first-order valence-corrected chi connectivity index (χ1v) is 4.33. The maximum atomic E-state index is 13.3. The van der Waals surface area contributed by atoms with E-state index in [0.717, 1.165) is 6.07 Å². The molecule has 0 saturated heterocycles. The number of esters is 1. The molecule has 0 saturated carbocycles. The minimum Gasteiger partial charge on any atom is -0.481 e. The Hall–Kier alpha value is -2.11. The van der Waals surface area contributed by atoms with Gasteiger partial charge in [-0.15, -0.1) is 0 Å². The van der Waals surface area contributed by atoms with E-state index >= 15 is 0 Å². The predicted molar refractivity (Wildman–Crippen MR) is 52.4 cm³/mol. The molecule has 0 aromatic heterocycles. The van der Waals surface area contributed by atoms with Crippen LogP contribution in [0.4, 0.5) is 4.39 Å². The van der Waals surface area contributed by atoms with Crippen molar-refractivity contribution in [2.24, 2.45) is 5.73 Å². The highest BCUT2D eigenvalue weighted by Crippen LogP contribution is 2.18. The van der Waals surface area contributed by atoms with Crippen LogP contribution in [-0.2, 0) is 9.53 Å². The van der Waals surface area contributed by atoms with E-state index < -0.39 is 24.3 Å². The number of hydrogen-bond acceptors (Lipinski definition) is 4. The van der Waals surface area contributed by atoms with Gasteiger partial charge < -0.3 is 15.2 Å². The highest BCUT2D eigenvalue weighted by atomic mass is 19.1. The van der Waals surface area contributed by atoms with Crippen molar-refractivity contribution in [3.63, 3.8) is 0 Å². The average molecular weight is 227 g/mol. The molecule has 0 spiro atoms. The van der Waals surface area contributed by atoms with Crippen LogP contribution in [0.2, 0.25) is 0 Å². The highest BCUT2D eigenvalue weighted by molar-refractivity contribution is 5.89. The van der Waals surface area contributed by atoms with Crippen molar-refractivity contribution >= 4 is 11.9 Å². The standard InChI is InChI=1S/C10H10FNO4/c1-15-10(14)6-2-3-8(7(11)4-6)16-5-9(12)13/h2-4H,5H2,1H3,(H2,12,13). The second-order valence-corrected chi connectivity index (χ2v) is 2.89. The fraction of sp³-hybridized carbons (Fsp3) is 0.200. The van der Waals surface area contributed by atoms with Crippen LogP contribution >= 0.6 is 0 Å². The van der Waals surface area contributed by atoms with Gasteiger partial charge in [0.05, 0.1) is 12.7 Å². The smallest absolute Gasteiger partial charge is 0.337 e. The summed E-state index contributed by atoms with van der Waals surface area (Å²) in [5, 5.41) is 0. The summed E-state index contributed by atoms with van der Waals surface area (Å²) < 4.78 is 22.5. The molecule has 5 nitrogen and oxygen atoms in total. The monoisotopic (exact) mass is 227 g/mol. The van der Waals surface area contributed by atoms with Gasteiger partial charge in [0.15, 0.2) is 18.2 Å². The molecule has 0 fully saturated rings. The SMILES string of the molecule is COC(=O)c1ccc(OCC(N)=O)c(F)c1. The normalized spacial score (nSPS) is 9.62. The molecule has 0 aliphatic carbocycles. The lowest BCUT2D eigenvalue weighted by Gasteiger charge is -2.06. The Labute approximate surface area is 90.9 Å². The summed E-state index contributed by atoms with van der Waals surface area (Å²) in [7, 11) is 1.19. The van der Waals surface area contributed by atoms with Crippen LogP contribution in [-0.4, -0.2) is 25.6 Å². The Morgan fingerprint density at radius 2 is 2.12 bits per heavy atom. The molecular weight excluding hydrogens is 217 g/mol. The van der Waals surface area contributed by atoms with Crippen LogP contribution in [0.3, 0.4) is 0 Å². The zero-order valence-electron chi connectivity index (χ0n) is 8.53. The molecule has 1 amide bonds. The molecule has 1 rings (SSSR count). The van der Waals surface area contributed by atoms with Gasteiger partial charge in [-0.25, -0.2) is 9.18 Å². The van der Waals surface area contributed by atoms with E-state index in [-0.39, 0.29) is 11.3 Å². The first kappa shape index (κ1) is 12.0. The molecule has 0 radical (unpaired) electrons. The minimum atomic E-state index is -0.760.